The summed E-state index contributed by atoms with van der Waals surface area (Å²) in [5, 5.41) is 14.2. The summed E-state index contributed by atoms with van der Waals surface area (Å²) < 4.78 is 14.6. The molecule has 1 aromatic heterocycles. The number of aryl methyl sites for hydroxylation is 1. The standard InChI is InChI=1S/C14H18FN3OS/c1-2-7-18-14(16-10-17-18)8-12(19)9-20-13-5-3-11(15)4-6-13/h3-6,10,12,19H,2,7-9H2,1H3. The average Bonchev–Trinajstić information content (AvgIpc) is 2.86. The summed E-state index contributed by atoms with van der Waals surface area (Å²) in [6.45, 7) is 2.89. The number of aliphatic hydroxyl groups is 1. The van der Waals surface area contributed by atoms with Crippen molar-refractivity contribution < 1.29 is 9.50 Å². The van der Waals surface area contributed by atoms with Gasteiger partial charge >= 0.3 is 0 Å². The highest BCUT2D eigenvalue weighted by Gasteiger charge is 2.11. The number of halogens is 1. The van der Waals surface area contributed by atoms with Crippen LogP contribution in [0.2, 0.25) is 0 Å². The van der Waals surface area contributed by atoms with Crippen LogP contribution >= 0.6 is 11.8 Å². The van der Waals surface area contributed by atoms with Crippen molar-refractivity contribution in [1.29, 1.82) is 0 Å². The average molecular weight is 295 g/mol. The molecule has 1 aromatic carbocycles. The molecule has 0 aliphatic rings. The zero-order valence-corrected chi connectivity index (χ0v) is 12.2. The van der Waals surface area contributed by atoms with Gasteiger partial charge in [0.05, 0.1) is 6.10 Å². The van der Waals surface area contributed by atoms with Crippen molar-refractivity contribution >= 4 is 11.8 Å². The van der Waals surface area contributed by atoms with Crippen LogP contribution in [0.3, 0.4) is 0 Å². The van der Waals surface area contributed by atoms with Crippen molar-refractivity contribution in [3.63, 3.8) is 0 Å². The Kier molecular flexibility index (Phi) is 5.55. The lowest BCUT2D eigenvalue weighted by Gasteiger charge is -2.10. The van der Waals surface area contributed by atoms with E-state index in [0.717, 1.165) is 23.7 Å². The molecule has 108 valence electrons. The van der Waals surface area contributed by atoms with Crippen LogP contribution in [0.25, 0.3) is 0 Å². The third kappa shape index (κ3) is 4.31. The minimum atomic E-state index is -0.496. The van der Waals surface area contributed by atoms with Gasteiger partial charge in [-0.15, -0.1) is 11.8 Å². The summed E-state index contributed by atoms with van der Waals surface area (Å²) >= 11 is 1.50. The van der Waals surface area contributed by atoms with Crippen LogP contribution in [-0.2, 0) is 13.0 Å². The molecule has 0 fully saturated rings. The van der Waals surface area contributed by atoms with Crippen LogP contribution < -0.4 is 0 Å². The fraction of sp³-hybridized carbons (Fsp3) is 0.429. The lowest BCUT2D eigenvalue weighted by Crippen LogP contribution is -2.17. The summed E-state index contributed by atoms with van der Waals surface area (Å²) in [4.78, 5) is 5.12. The lowest BCUT2D eigenvalue weighted by molar-refractivity contribution is 0.195. The smallest absolute Gasteiger partial charge is 0.138 e. The second-order valence-corrected chi connectivity index (χ2v) is 5.62. The van der Waals surface area contributed by atoms with E-state index in [1.165, 1.54) is 30.2 Å². The molecular formula is C14H18FN3OS. The third-order valence-electron chi connectivity index (χ3n) is 2.81. The van der Waals surface area contributed by atoms with Gasteiger partial charge in [0, 0.05) is 23.6 Å². The first-order chi connectivity index (χ1) is 9.69. The van der Waals surface area contributed by atoms with Gasteiger partial charge < -0.3 is 5.11 Å². The fourth-order valence-corrected chi connectivity index (χ4v) is 2.67. The van der Waals surface area contributed by atoms with Gasteiger partial charge in [-0.05, 0) is 30.7 Å². The Balaban J connectivity index is 1.84. The number of aromatic nitrogens is 3. The van der Waals surface area contributed by atoms with Crippen molar-refractivity contribution in [3.8, 4) is 0 Å². The van der Waals surface area contributed by atoms with Gasteiger partial charge in [-0.25, -0.2) is 9.37 Å². The van der Waals surface area contributed by atoms with Crippen LogP contribution in [0, 0.1) is 5.82 Å². The van der Waals surface area contributed by atoms with Gasteiger partial charge in [-0.1, -0.05) is 6.92 Å². The molecule has 0 amide bonds. The van der Waals surface area contributed by atoms with Gasteiger partial charge in [-0.2, -0.15) is 5.10 Å². The fourth-order valence-electron chi connectivity index (χ4n) is 1.84. The first-order valence-electron chi connectivity index (χ1n) is 6.62. The van der Waals surface area contributed by atoms with Crippen LogP contribution in [0.5, 0.6) is 0 Å². The predicted octanol–water partition coefficient (Wildman–Crippen LogP) is 2.52. The Labute approximate surface area is 122 Å². The molecule has 0 aliphatic carbocycles. The number of aliphatic hydroxyl groups excluding tert-OH is 1. The van der Waals surface area contributed by atoms with E-state index in [9.17, 15) is 9.50 Å². The third-order valence-corrected chi connectivity index (χ3v) is 3.96. The van der Waals surface area contributed by atoms with E-state index in [4.69, 9.17) is 0 Å². The Morgan fingerprint density at radius 1 is 1.35 bits per heavy atom. The normalized spacial score (nSPS) is 12.6. The van der Waals surface area contributed by atoms with Crippen LogP contribution in [0.1, 0.15) is 19.2 Å². The maximum atomic E-state index is 12.8. The molecule has 4 nitrogen and oxygen atoms in total. The van der Waals surface area contributed by atoms with Gasteiger partial charge in [-0.3, -0.25) is 4.68 Å². The largest absolute Gasteiger partial charge is 0.392 e. The summed E-state index contributed by atoms with van der Waals surface area (Å²) in [5.41, 5.74) is 0. The number of thioether (sulfide) groups is 1. The van der Waals surface area contributed by atoms with Crippen molar-refractivity contribution in [2.45, 2.75) is 37.3 Å². The highest BCUT2D eigenvalue weighted by molar-refractivity contribution is 7.99. The highest BCUT2D eigenvalue weighted by Crippen LogP contribution is 2.19. The Morgan fingerprint density at radius 2 is 2.10 bits per heavy atom. The minimum Gasteiger partial charge on any atom is -0.392 e. The number of nitrogens with zero attached hydrogens (tertiary/aromatic N) is 3. The van der Waals surface area contributed by atoms with E-state index in [1.54, 1.807) is 12.1 Å². The van der Waals surface area contributed by atoms with E-state index in [-0.39, 0.29) is 5.82 Å². The second kappa shape index (κ2) is 7.40. The first-order valence-corrected chi connectivity index (χ1v) is 7.60. The predicted molar refractivity (Wildman–Crippen MR) is 77.1 cm³/mol. The minimum absolute atomic E-state index is 0.248. The monoisotopic (exact) mass is 295 g/mol. The van der Waals surface area contributed by atoms with Crippen LogP contribution in [0.15, 0.2) is 35.5 Å². The van der Waals surface area contributed by atoms with Crippen LogP contribution in [0.4, 0.5) is 4.39 Å². The molecule has 20 heavy (non-hydrogen) atoms. The number of benzene rings is 1. The van der Waals surface area contributed by atoms with Crippen molar-refractivity contribution in [3.05, 3.63) is 42.2 Å². The van der Waals surface area contributed by atoms with Crippen molar-refractivity contribution in [2.24, 2.45) is 0 Å². The molecule has 2 aromatic rings. The molecular weight excluding hydrogens is 277 g/mol. The van der Waals surface area contributed by atoms with Gasteiger partial charge in [0.1, 0.15) is 18.0 Å². The summed E-state index contributed by atoms with van der Waals surface area (Å²) in [6.07, 6.45) is 2.49. The van der Waals surface area contributed by atoms with E-state index in [1.807, 2.05) is 4.68 Å². The number of hydrogen-bond donors (Lipinski definition) is 1. The van der Waals surface area contributed by atoms with Crippen molar-refractivity contribution in [2.75, 3.05) is 5.75 Å². The Morgan fingerprint density at radius 3 is 2.80 bits per heavy atom. The molecule has 1 N–H and O–H groups in total. The molecule has 0 spiro atoms. The molecule has 0 bridgehead atoms. The summed E-state index contributed by atoms with van der Waals surface area (Å²) in [7, 11) is 0. The lowest BCUT2D eigenvalue weighted by atomic mass is 10.3. The first kappa shape index (κ1) is 15.0. The number of rotatable bonds is 7. The van der Waals surface area contributed by atoms with E-state index in [2.05, 4.69) is 17.0 Å². The van der Waals surface area contributed by atoms with Gasteiger partial charge in [0.25, 0.3) is 0 Å². The van der Waals surface area contributed by atoms with E-state index < -0.39 is 6.10 Å². The number of hydrogen-bond acceptors (Lipinski definition) is 4. The maximum absolute atomic E-state index is 12.8. The topological polar surface area (TPSA) is 50.9 Å². The summed E-state index contributed by atoms with van der Waals surface area (Å²) in [6, 6.07) is 6.28. The Hall–Kier alpha value is -1.40. The molecule has 0 radical (unpaired) electrons. The van der Waals surface area contributed by atoms with E-state index in [0.29, 0.717) is 12.2 Å². The Bertz CT molecular complexity index is 529. The zero-order chi connectivity index (χ0) is 14.4. The molecule has 1 heterocycles. The van der Waals surface area contributed by atoms with Gasteiger partial charge in [0.15, 0.2) is 0 Å². The zero-order valence-electron chi connectivity index (χ0n) is 11.4. The molecule has 1 unspecified atom stereocenters. The molecule has 0 aliphatic heterocycles. The second-order valence-electron chi connectivity index (χ2n) is 4.52. The van der Waals surface area contributed by atoms with Crippen LogP contribution in [-0.4, -0.2) is 31.7 Å². The quantitative estimate of drug-likeness (QED) is 0.798. The molecule has 6 heteroatoms. The molecule has 0 saturated heterocycles. The highest BCUT2D eigenvalue weighted by atomic mass is 32.2. The van der Waals surface area contributed by atoms with Crippen molar-refractivity contribution in [1.82, 2.24) is 14.8 Å². The van der Waals surface area contributed by atoms with Gasteiger partial charge in [0.2, 0.25) is 0 Å². The SMILES string of the molecule is CCCn1ncnc1CC(O)CSc1ccc(F)cc1. The molecule has 2 rings (SSSR count). The molecule has 0 saturated carbocycles. The summed E-state index contributed by atoms with van der Waals surface area (Å²) in [5.74, 6) is 1.10. The van der Waals surface area contributed by atoms with E-state index >= 15 is 0 Å². The molecule has 1 atom stereocenters. The maximum Gasteiger partial charge on any atom is 0.138 e.